The van der Waals surface area contributed by atoms with Crippen LogP contribution in [-0.2, 0) is 38.2 Å². The maximum atomic E-state index is 14.6. The molecular weight excluding hydrogens is 518 g/mol. The Morgan fingerprint density at radius 1 is 0.900 bits per heavy atom. The fourth-order valence-electron chi connectivity index (χ4n) is 6.91. The first-order valence-corrected chi connectivity index (χ1v) is 12.9. The number of methoxy groups -OCH3 is 2. The van der Waals surface area contributed by atoms with E-state index < -0.39 is 59.0 Å². The maximum Gasteiger partial charge on any atom is 0.349 e. The number of anilines is 1. The zero-order valence-corrected chi connectivity index (χ0v) is 22.3. The number of hydrogen-bond acceptors (Lipinski definition) is 9. The van der Waals surface area contributed by atoms with Crippen LogP contribution in [0, 0.1) is 11.8 Å². The van der Waals surface area contributed by atoms with Gasteiger partial charge in [0, 0.05) is 12.2 Å². The van der Waals surface area contributed by atoms with Crippen molar-refractivity contribution < 1.29 is 38.2 Å². The van der Waals surface area contributed by atoms with Crippen molar-refractivity contribution in [3.63, 3.8) is 0 Å². The number of ether oxygens (including phenoxy) is 3. The average molecular weight is 546 g/mol. The molecule has 1 spiro atoms. The second-order valence-corrected chi connectivity index (χ2v) is 10.0. The molecule has 6 rings (SSSR count). The molecular formula is C29H27N3O8. The molecule has 3 saturated heterocycles. The van der Waals surface area contributed by atoms with Gasteiger partial charge < -0.3 is 19.1 Å². The Morgan fingerprint density at radius 3 is 2.08 bits per heavy atom. The van der Waals surface area contributed by atoms with E-state index >= 15 is 0 Å². The maximum absolute atomic E-state index is 14.6. The van der Waals surface area contributed by atoms with Gasteiger partial charge in [-0.1, -0.05) is 48.5 Å². The second-order valence-electron chi connectivity index (χ2n) is 10.0. The molecule has 11 heteroatoms. The minimum absolute atomic E-state index is 0.152. The number of carbonyl (C=O) groups excluding carboxylic acids is 5. The van der Waals surface area contributed by atoms with Gasteiger partial charge in [-0.25, -0.2) is 14.5 Å². The molecule has 4 aliphatic rings. The van der Waals surface area contributed by atoms with Crippen LogP contribution in [0.15, 0.2) is 71.9 Å². The largest absolute Gasteiger partial charge is 0.466 e. The first-order chi connectivity index (χ1) is 19.2. The van der Waals surface area contributed by atoms with Crippen LogP contribution in [0.5, 0.6) is 0 Å². The highest BCUT2D eigenvalue weighted by Gasteiger charge is 2.88. The van der Waals surface area contributed by atoms with Gasteiger partial charge in [-0.2, -0.15) is 0 Å². The summed E-state index contributed by atoms with van der Waals surface area (Å²) in [4.78, 5) is 73.6. The van der Waals surface area contributed by atoms with Gasteiger partial charge in [0.2, 0.25) is 17.7 Å². The fourth-order valence-corrected chi connectivity index (χ4v) is 6.91. The molecule has 2 bridgehead atoms. The van der Waals surface area contributed by atoms with Gasteiger partial charge >= 0.3 is 11.9 Å². The summed E-state index contributed by atoms with van der Waals surface area (Å²) in [7, 11) is 2.33. The van der Waals surface area contributed by atoms with Crippen LogP contribution in [-0.4, -0.2) is 71.7 Å². The van der Waals surface area contributed by atoms with Gasteiger partial charge in [-0.3, -0.25) is 19.3 Å². The van der Waals surface area contributed by atoms with Crippen molar-refractivity contribution in [3.05, 3.63) is 77.5 Å². The minimum Gasteiger partial charge on any atom is -0.466 e. The SMILES string of the molecule is CCN1C(C)=C(C(=O)OC)C(c2ccccc2)N2C(=O)[C@]3(C(=O)OC)O[C@@]12C1C(=O)N(c2ccccc2)C(=O)C13. The summed E-state index contributed by atoms with van der Waals surface area (Å²) in [6.07, 6.45) is 0. The quantitative estimate of drug-likeness (QED) is 0.314. The Balaban J connectivity index is 1.67. The molecule has 2 aromatic rings. The predicted octanol–water partition coefficient (Wildman–Crippen LogP) is 1.75. The highest BCUT2D eigenvalue weighted by atomic mass is 16.6. The van der Waals surface area contributed by atoms with Crippen molar-refractivity contribution in [1.82, 2.24) is 9.80 Å². The summed E-state index contributed by atoms with van der Waals surface area (Å²) in [5, 5.41) is 0. The number of amides is 3. The number of hydrogen-bond donors (Lipinski definition) is 0. The highest BCUT2D eigenvalue weighted by molar-refractivity contribution is 6.28. The summed E-state index contributed by atoms with van der Waals surface area (Å²) in [6.45, 7) is 3.61. The molecule has 3 unspecified atom stereocenters. The first-order valence-electron chi connectivity index (χ1n) is 12.9. The standard InChI is InChI=1S/C29H27N3O8/c1-5-30-16(2)19(25(35)38-3)22(17-12-8-6-9-13-17)32-26(36)28(27(37)39-4)20-21(29(30,32)40-28)24(34)31(23(20)33)18-14-10-7-11-15-18/h6-15,20-22H,5H2,1-4H3/t20?,21?,22?,28-,29+/m1/s1. The Kier molecular flexibility index (Phi) is 5.63. The molecule has 2 aromatic carbocycles. The van der Waals surface area contributed by atoms with E-state index in [1.165, 1.54) is 12.0 Å². The van der Waals surface area contributed by atoms with Crippen LogP contribution < -0.4 is 4.90 Å². The van der Waals surface area contributed by atoms with Crippen molar-refractivity contribution in [1.29, 1.82) is 0 Å². The van der Waals surface area contributed by atoms with Crippen LogP contribution in [0.4, 0.5) is 5.69 Å². The van der Waals surface area contributed by atoms with Crippen molar-refractivity contribution >= 4 is 35.3 Å². The Morgan fingerprint density at radius 2 is 1.50 bits per heavy atom. The number of carbonyl (C=O) groups is 5. The van der Waals surface area contributed by atoms with Crippen LogP contribution in [0.2, 0.25) is 0 Å². The number of benzene rings is 2. The van der Waals surface area contributed by atoms with E-state index in [1.54, 1.807) is 79.4 Å². The number of esters is 2. The van der Waals surface area contributed by atoms with E-state index in [4.69, 9.17) is 14.2 Å². The van der Waals surface area contributed by atoms with Crippen molar-refractivity contribution in [2.24, 2.45) is 11.8 Å². The third-order valence-corrected chi connectivity index (χ3v) is 8.40. The number of rotatable bonds is 5. The number of allylic oxidation sites excluding steroid dienone is 1. The Labute approximate surface area is 229 Å². The van der Waals surface area contributed by atoms with Gasteiger partial charge in [-0.05, 0) is 31.5 Å². The number of fused-ring (bicyclic) bond motifs is 3. The Bertz CT molecular complexity index is 1490. The Hall–Kier alpha value is -4.51. The van der Waals surface area contributed by atoms with Crippen molar-refractivity contribution in [3.8, 4) is 0 Å². The third-order valence-electron chi connectivity index (χ3n) is 8.40. The smallest absolute Gasteiger partial charge is 0.349 e. The third kappa shape index (κ3) is 2.84. The van der Waals surface area contributed by atoms with E-state index in [-0.39, 0.29) is 12.1 Å². The van der Waals surface area contributed by atoms with Gasteiger partial charge in [-0.15, -0.1) is 0 Å². The van der Waals surface area contributed by atoms with Gasteiger partial charge in [0.25, 0.3) is 11.5 Å². The lowest BCUT2D eigenvalue weighted by Crippen LogP contribution is -2.70. The molecule has 3 amide bonds. The zero-order valence-electron chi connectivity index (χ0n) is 22.3. The van der Waals surface area contributed by atoms with Crippen LogP contribution in [0.3, 0.4) is 0 Å². The van der Waals surface area contributed by atoms with Crippen molar-refractivity contribution in [2.75, 3.05) is 25.7 Å². The van der Waals surface area contributed by atoms with Gasteiger partial charge in [0.05, 0.1) is 31.5 Å². The molecule has 11 nitrogen and oxygen atoms in total. The van der Waals surface area contributed by atoms with E-state index in [1.807, 2.05) is 0 Å². The number of piperidine rings is 1. The second kappa shape index (κ2) is 8.75. The molecule has 0 aliphatic carbocycles. The molecule has 3 fully saturated rings. The zero-order chi connectivity index (χ0) is 28.6. The van der Waals surface area contributed by atoms with E-state index in [2.05, 4.69) is 0 Å². The van der Waals surface area contributed by atoms with Crippen LogP contribution in [0.1, 0.15) is 25.5 Å². The lowest BCUT2D eigenvalue weighted by atomic mass is 9.73. The summed E-state index contributed by atoms with van der Waals surface area (Å²) in [6, 6.07) is 16.0. The van der Waals surface area contributed by atoms with Crippen LogP contribution in [0.25, 0.3) is 0 Å². The molecule has 0 saturated carbocycles. The lowest BCUT2D eigenvalue weighted by Gasteiger charge is -2.55. The fraction of sp³-hybridized carbons (Fsp3) is 0.345. The topological polar surface area (TPSA) is 123 Å². The van der Waals surface area contributed by atoms with Gasteiger partial charge in [0.15, 0.2) is 0 Å². The number of imide groups is 1. The molecule has 40 heavy (non-hydrogen) atoms. The summed E-state index contributed by atoms with van der Waals surface area (Å²) >= 11 is 0. The highest BCUT2D eigenvalue weighted by Crippen LogP contribution is 2.65. The molecule has 4 heterocycles. The monoisotopic (exact) mass is 545 g/mol. The summed E-state index contributed by atoms with van der Waals surface area (Å²) < 4.78 is 16.7. The molecule has 4 aliphatic heterocycles. The predicted molar refractivity (Wildman–Crippen MR) is 138 cm³/mol. The number of nitrogens with zero attached hydrogens (tertiary/aromatic N) is 3. The average Bonchev–Trinajstić information content (AvgIpc) is 3.54. The van der Waals surface area contributed by atoms with E-state index in [0.29, 0.717) is 16.9 Å². The van der Waals surface area contributed by atoms with E-state index in [0.717, 1.165) is 12.0 Å². The molecule has 206 valence electrons. The minimum atomic E-state index is -2.44. The first kappa shape index (κ1) is 25.8. The lowest BCUT2D eigenvalue weighted by molar-refractivity contribution is -0.222. The molecule has 0 N–H and O–H groups in total. The van der Waals surface area contributed by atoms with Crippen LogP contribution >= 0.6 is 0 Å². The molecule has 0 aromatic heterocycles. The molecule has 0 radical (unpaired) electrons. The number of para-hydroxylation sites is 1. The van der Waals surface area contributed by atoms with Crippen molar-refractivity contribution in [2.45, 2.75) is 31.3 Å². The van der Waals surface area contributed by atoms with Gasteiger partial charge in [0.1, 0.15) is 11.8 Å². The summed E-state index contributed by atoms with van der Waals surface area (Å²) in [5.41, 5.74) is -1.05. The normalized spacial score (nSPS) is 30.6. The van der Waals surface area contributed by atoms with E-state index in [9.17, 15) is 24.0 Å². The summed E-state index contributed by atoms with van der Waals surface area (Å²) in [5.74, 6) is -8.66. The molecule has 5 atom stereocenters.